The molecule has 7 nitrogen and oxygen atoms in total. The van der Waals surface area contributed by atoms with Gasteiger partial charge >= 0.3 is 6.61 Å². The van der Waals surface area contributed by atoms with E-state index in [1.165, 1.54) is 7.11 Å². The molecule has 28 heavy (non-hydrogen) atoms. The van der Waals surface area contributed by atoms with Crippen molar-refractivity contribution >= 4 is 5.96 Å². The van der Waals surface area contributed by atoms with E-state index in [4.69, 9.17) is 9.47 Å². The lowest BCUT2D eigenvalue weighted by molar-refractivity contribution is -0.0512. The predicted molar refractivity (Wildman–Crippen MR) is 102 cm³/mol. The zero-order valence-corrected chi connectivity index (χ0v) is 16.4. The fraction of sp³-hybridized carbons (Fsp3) is 0.632. The molecule has 2 saturated heterocycles. The predicted octanol–water partition coefficient (Wildman–Crippen LogP) is 1.78. The molecule has 0 radical (unpaired) electrons. The number of alkyl halides is 2. The Bertz CT molecular complexity index is 669. The molecule has 1 N–H and O–H groups in total. The zero-order chi connectivity index (χ0) is 19.9. The van der Waals surface area contributed by atoms with E-state index >= 15 is 0 Å². The second-order valence-electron chi connectivity index (χ2n) is 6.80. The van der Waals surface area contributed by atoms with Crippen LogP contribution in [0.15, 0.2) is 23.2 Å². The first kappa shape index (κ1) is 20.6. The third-order valence-electron chi connectivity index (χ3n) is 5.13. The summed E-state index contributed by atoms with van der Waals surface area (Å²) in [7, 11) is 3.18. The van der Waals surface area contributed by atoms with Gasteiger partial charge in [-0.05, 0) is 24.1 Å². The Morgan fingerprint density at radius 3 is 2.75 bits per heavy atom. The molecule has 1 atom stereocenters. The summed E-state index contributed by atoms with van der Waals surface area (Å²) in [4.78, 5) is 9.10. The highest BCUT2D eigenvalue weighted by Crippen LogP contribution is 2.29. The van der Waals surface area contributed by atoms with E-state index in [-0.39, 0.29) is 11.5 Å². The van der Waals surface area contributed by atoms with Crippen molar-refractivity contribution in [3.8, 4) is 11.5 Å². The van der Waals surface area contributed by atoms with Crippen LogP contribution in [0.25, 0.3) is 0 Å². The van der Waals surface area contributed by atoms with Crippen LogP contribution in [0.5, 0.6) is 11.5 Å². The minimum atomic E-state index is -2.90. The zero-order valence-electron chi connectivity index (χ0n) is 16.4. The minimum Gasteiger partial charge on any atom is -0.493 e. The second kappa shape index (κ2) is 9.88. The minimum absolute atomic E-state index is 0.0281. The number of methoxy groups -OCH3 is 1. The number of guanidine groups is 1. The maximum atomic E-state index is 12.6. The molecule has 3 rings (SSSR count). The molecule has 0 amide bonds. The lowest BCUT2D eigenvalue weighted by Crippen LogP contribution is -2.46. The van der Waals surface area contributed by atoms with Gasteiger partial charge in [-0.1, -0.05) is 6.07 Å². The highest BCUT2D eigenvalue weighted by molar-refractivity contribution is 5.80. The van der Waals surface area contributed by atoms with Gasteiger partial charge in [0, 0.05) is 45.8 Å². The Morgan fingerprint density at radius 2 is 2.07 bits per heavy atom. The highest BCUT2D eigenvalue weighted by atomic mass is 19.3. The van der Waals surface area contributed by atoms with Crippen molar-refractivity contribution in [3.63, 3.8) is 0 Å². The van der Waals surface area contributed by atoms with Crippen molar-refractivity contribution in [1.29, 1.82) is 0 Å². The number of aliphatic imine (C=N–C) groups is 1. The topological polar surface area (TPSA) is 58.6 Å². The lowest BCUT2D eigenvalue weighted by Gasteiger charge is -2.32. The molecule has 0 aromatic heterocycles. The van der Waals surface area contributed by atoms with E-state index < -0.39 is 6.61 Å². The van der Waals surface area contributed by atoms with E-state index in [1.807, 2.05) is 6.07 Å². The molecule has 2 heterocycles. The molecular weight excluding hydrogens is 370 g/mol. The first-order valence-electron chi connectivity index (χ1n) is 9.50. The molecule has 1 aromatic rings. The number of halogens is 2. The van der Waals surface area contributed by atoms with Crippen LogP contribution in [-0.2, 0) is 11.3 Å². The van der Waals surface area contributed by atoms with E-state index in [1.54, 1.807) is 19.2 Å². The monoisotopic (exact) mass is 398 g/mol. The fourth-order valence-electron chi connectivity index (χ4n) is 3.71. The molecule has 0 spiro atoms. The highest BCUT2D eigenvalue weighted by Gasteiger charge is 2.30. The van der Waals surface area contributed by atoms with Gasteiger partial charge in [0.25, 0.3) is 0 Å². The van der Waals surface area contributed by atoms with Gasteiger partial charge in [0.1, 0.15) is 0 Å². The summed E-state index contributed by atoms with van der Waals surface area (Å²) in [6.45, 7) is 2.95. The summed E-state index contributed by atoms with van der Waals surface area (Å²) < 4.78 is 40.3. The molecule has 0 aliphatic carbocycles. The Hall–Kier alpha value is -2.13. The molecule has 0 bridgehead atoms. The summed E-state index contributed by atoms with van der Waals surface area (Å²) in [6, 6.07) is 5.51. The Labute approximate surface area is 164 Å². The summed E-state index contributed by atoms with van der Waals surface area (Å²) >= 11 is 0. The summed E-state index contributed by atoms with van der Waals surface area (Å²) in [5.41, 5.74) is 0.807. The van der Waals surface area contributed by atoms with E-state index in [2.05, 4.69) is 24.8 Å². The van der Waals surface area contributed by atoms with Crippen LogP contribution in [0.3, 0.4) is 0 Å². The van der Waals surface area contributed by atoms with Crippen LogP contribution in [0.1, 0.15) is 12.0 Å². The van der Waals surface area contributed by atoms with Crippen LogP contribution >= 0.6 is 0 Å². The number of morpholine rings is 1. The number of nitrogens with zero attached hydrogens (tertiary/aromatic N) is 3. The van der Waals surface area contributed by atoms with Gasteiger partial charge in [0.2, 0.25) is 0 Å². The van der Waals surface area contributed by atoms with Crippen LogP contribution in [0, 0.1) is 0 Å². The van der Waals surface area contributed by atoms with Crippen molar-refractivity contribution in [2.24, 2.45) is 4.99 Å². The average molecular weight is 398 g/mol. The molecular formula is C19H28F2N4O3. The summed E-state index contributed by atoms with van der Waals surface area (Å²) in [5, 5.41) is 3.32. The molecule has 1 unspecified atom stereocenters. The quantitative estimate of drug-likeness (QED) is 0.582. The van der Waals surface area contributed by atoms with Gasteiger partial charge in [-0.2, -0.15) is 8.78 Å². The van der Waals surface area contributed by atoms with Gasteiger partial charge in [0.05, 0.1) is 20.3 Å². The third kappa shape index (κ3) is 5.23. The SMILES string of the molecule is CN=C(NCc1ccc(OC)c(OC(F)F)c1)N1CCC(N2CCOCC2)C1. The van der Waals surface area contributed by atoms with Crippen molar-refractivity contribution in [2.75, 3.05) is 53.6 Å². The summed E-state index contributed by atoms with van der Waals surface area (Å²) in [6.07, 6.45) is 1.09. The normalized spacial score (nSPS) is 21.2. The largest absolute Gasteiger partial charge is 0.493 e. The van der Waals surface area contributed by atoms with Crippen molar-refractivity contribution in [2.45, 2.75) is 25.6 Å². The van der Waals surface area contributed by atoms with E-state index in [0.717, 1.165) is 57.3 Å². The molecule has 2 fully saturated rings. The first-order chi connectivity index (χ1) is 13.6. The smallest absolute Gasteiger partial charge is 0.387 e. The number of ether oxygens (including phenoxy) is 3. The number of nitrogens with one attached hydrogen (secondary N) is 1. The molecule has 0 saturated carbocycles. The van der Waals surface area contributed by atoms with Crippen molar-refractivity contribution < 1.29 is 23.0 Å². The van der Waals surface area contributed by atoms with Crippen LogP contribution < -0.4 is 14.8 Å². The maximum absolute atomic E-state index is 12.6. The standard InChI is InChI=1S/C19H28F2N4O3/c1-22-19(25-6-5-15(13-25)24-7-9-27-10-8-24)23-12-14-3-4-16(26-2)17(11-14)28-18(20)21/h3-4,11,15,18H,5-10,12-13H2,1-2H3,(H,22,23). The molecule has 156 valence electrons. The second-order valence-corrected chi connectivity index (χ2v) is 6.80. The fourth-order valence-corrected chi connectivity index (χ4v) is 3.71. The number of benzene rings is 1. The maximum Gasteiger partial charge on any atom is 0.387 e. The average Bonchev–Trinajstić information content (AvgIpc) is 3.19. The number of hydrogen-bond acceptors (Lipinski definition) is 5. The van der Waals surface area contributed by atoms with Crippen LogP contribution in [0.2, 0.25) is 0 Å². The Morgan fingerprint density at radius 1 is 1.29 bits per heavy atom. The van der Waals surface area contributed by atoms with Crippen LogP contribution in [0.4, 0.5) is 8.78 Å². The van der Waals surface area contributed by atoms with Crippen LogP contribution in [-0.4, -0.2) is 82.0 Å². The molecule has 2 aliphatic rings. The lowest BCUT2D eigenvalue weighted by atomic mass is 10.2. The van der Waals surface area contributed by atoms with E-state index in [0.29, 0.717) is 12.6 Å². The van der Waals surface area contributed by atoms with Gasteiger partial charge in [-0.25, -0.2) is 0 Å². The Kier molecular flexibility index (Phi) is 7.27. The molecule has 2 aliphatic heterocycles. The Balaban J connectivity index is 1.57. The van der Waals surface area contributed by atoms with Gasteiger partial charge in [0.15, 0.2) is 17.5 Å². The molecule has 1 aromatic carbocycles. The van der Waals surface area contributed by atoms with Crippen molar-refractivity contribution in [1.82, 2.24) is 15.1 Å². The third-order valence-corrected chi connectivity index (χ3v) is 5.13. The number of likely N-dealkylation sites (tertiary alicyclic amines) is 1. The van der Waals surface area contributed by atoms with Crippen molar-refractivity contribution in [3.05, 3.63) is 23.8 Å². The van der Waals surface area contributed by atoms with Gasteiger partial charge in [-0.3, -0.25) is 9.89 Å². The first-order valence-corrected chi connectivity index (χ1v) is 9.50. The number of hydrogen-bond donors (Lipinski definition) is 1. The van der Waals surface area contributed by atoms with E-state index in [9.17, 15) is 8.78 Å². The summed E-state index contributed by atoms with van der Waals surface area (Å²) in [5.74, 6) is 1.12. The van der Waals surface area contributed by atoms with Gasteiger partial charge in [-0.15, -0.1) is 0 Å². The number of rotatable bonds is 6. The molecule has 9 heteroatoms. The van der Waals surface area contributed by atoms with Gasteiger partial charge < -0.3 is 24.4 Å².